The summed E-state index contributed by atoms with van der Waals surface area (Å²) < 4.78 is 5.68. The van der Waals surface area contributed by atoms with Gasteiger partial charge in [-0.1, -0.05) is 6.92 Å². The summed E-state index contributed by atoms with van der Waals surface area (Å²) in [6.07, 6.45) is 4.05. The molecule has 0 unspecified atom stereocenters. The lowest BCUT2D eigenvalue weighted by Crippen LogP contribution is -2.26. The molecule has 14 heavy (non-hydrogen) atoms. The van der Waals surface area contributed by atoms with Gasteiger partial charge in [0.1, 0.15) is 17.4 Å². The standard InChI is InChI=1S/C11H14N2O/c1-4-11(2,3)14-10-5-9(6-12)7-13-8-10/h5,7-8H,4H2,1-3H3. The van der Waals surface area contributed by atoms with Crippen LogP contribution >= 0.6 is 0 Å². The molecule has 0 aliphatic carbocycles. The Labute approximate surface area is 84.3 Å². The number of hydrogen-bond donors (Lipinski definition) is 0. The van der Waals surface area contributed by atoms with E-state index in [4.69, 9.17) is 10.00 Å². The van der Waals surface area contributed by atoms with Gasteiger partial charge in [0.25, 0.3) is 0 Å². The molecule has 3 nitrogen and oxygen atoms in total. The van der Waals surface area contributed by atoms with Crippen LogP contribution in [0.3, 0.4) is 0 Å². The average Bonchev–Trinajstić information content (AvgIpc) is 2.17. The molecule has 1 aromatic heterocycles. The van der Waals surface area contributed by atoms with E-state index in [-0.39, 0.29) is 5.60 Å². The van der Waals surface area contributed by atoms with E-state index < -0.39 is 0 Å². The zero-order chi connectivity index (χ0) is 10.6. The molecule has 0 aromatic carbocycles. The first-order chi connectivity index (χ1) is 6.57. The first-order valence-corrected chi connectivity index (χ1v) is 4.61. The van der Waals surface area contributed by atoms with Crippen LogP contribution in [-0.2, 0) is 0 Å². The molecule has 0 radical (unpaired) electrons. The number of hydrogen-bond acceptors (Lipinski definition) is 3. The van der Waals surface area contributed by atoms with Gasteiger partial charge < -0.3 is 4.74 Å². The van der Waals surface area contributed by atoms with Crippen molar-refractivity contribution in [3.63, 3.8) is 0 Å². The summed E-state index contributed by atoms with van der Waals surface area (Å²) in [5.41, 5.74) is 0.310. The summed E-state index contributed by atoms with van der Waals surface area (Å²) in [4.78, 5) is 3.93. The van der Waals surface area contributed by atoms with Gasteiger partial charge in [0.15, 0.2) is 0 Å². The Morgan fingerprint density at radius 2 is 2.21 bits per heavy atom. The zero-order valence-corrected chi connectivity index (χ0v) is 8.74. The second-order valence-electron chi connectivity index (χ2n) is 3.74. The van der Waals surface area contributed by atoms with Gasteiger partial charge in [0.2, 0.25) is 0 Å². The van der Waals surface area contributed by atoms with Crippen molar-refractivity contribution >= 4 is 0 Å². The number of nitrogens with zero attached hydrogens (tertiary/aromatic N) is 2. The van der Waals surface area contributed by atoms with Crippen molar-refractivity contribution in [2.45, 2.75) is 32.8 Å². The van der Waals surface area contributed by atoms with Gasteiger partial charge in [-0.05, 0) is 20.3 Å². The second kappa shape index (κ2) is 4.10. The van der Waals surface area contributed by atoms with E-state index in [1.165, 1.54) is 6.20 Å². The Balaban J connectivity index is 2.83. The molecule has 0 saturated heterocycles. The molecule has 0 atom stereocenters. The quantitative estimate of drug-likeness (QED) is 0.735. The Morgan fingerprint density at radius 3 is 2.79 bits per heavy atom. The molecule has 0 N–H and O–H groups in total. The molecular weight excluding hydrogens is 176 g/mol. The fourth-order valence-electron chi connectivity index (χ4n) is 0.927. The lowest BCUT2D eigenvalue weighted by molar-refractivity contribution is 0.105. The number of rotatable bonds is 3. The van der Waals surface area contributed by atoms with Crippen molar-refractivity contribution < 1.29 is 4.74 Å². The number of pyridine rings is 1. The molecule has 3 heteroatoms. The van der Waals surface area contributed by atoms with Gasteiger partial charge in [-0.25, -0.2) is 0 Å². The van der Waals surface area contributed by atoms with Gasteiger partial charge >= 0.3 is 0 Å². The maximum absolute atomic E-state index is 8.67. The van der Waals surface area contributed by atoms with Crippen LogP contribution in [0.1, 0.15) is 32.8 Å². The number of nitriles is 1. The maximum Gasteiger partial charge on any atom is 0.139 e. The summed E-state index contributed by atoms with van der Waals surface area (Å²) in [5.74, 6) is 0.649. The van der Waals surface area contributed by atoms with Crippen LogP contribution in [0.4, 0.5) is 0 Å². The molecule has 0 spiro atoms. The summed E-state index contributed by atoms with van der Waals surface area (Å²) in [6.45, 7) is 6.07. The van der Waals surface area contributed by atoms with E-state index in [9.17, 15) is 0 Å². The fraction of sp³-hybridized carbons (Fsp3) is 0.455. The van der Waals surface area contributed by atoms with E-state index in [1.807, 2.05) is 19.9 Å². The molecule has 0 fully saturated rings. The lowest BCUT2D eigenvalue weighted by atomic mass is 10.1. The third-order valence-corrected chi connectivity index (χ3v) is 2.09. The van der Waals surface area contributed by atoms with Crippen LogP contribution in [0.25, 0.3) is 0 Å². The monoisotopic (exact) mass is 190 g/mol. The van der Waals surface area contributed by atoms with Crippen LogP contribution in [-0.4, -0.2) is 10.6 Å². The SMILES string of the molecule is CCC(C)(C)Oc1cncc(C#N)c1. The van der Waals surface area contributed by atoms with Crippen molar-refractivity contribution in [1.29, 1.82) is 5.26 Å². The minimum absolute atomic E-state index is 0.213. The van der Waals surface area contributed by atoms with Gasteiger partial charge in [0, 0.05) is 12.3 Å². The average molecular weight is 190 g/mol. The zero-order valence-electron chi connectivity index (χ0n) is 8.74. The largest absolute Gasteiger partial charge is 0.486 e. The number of ether oxygens (including phenoxy) is 1. The van der Waals surface area contributed by atoms with E-state index in [0.29, 0.717) is 11.3 Å². The van der Waals surface area contributed by atoms with Crippen LogP contribution in [0, 0.1) is 11.3 Å². The van der Waals surface area contributed by atoms with Gasteiger partial charge in [-0.15, -0.1) is 0 Å². The number of aromatic nitrogens is 1. The van der Waals surface area contributed by atoms with E-state index in [2.05, 4.69) is 11.9 Å². The molecule has 0 saturated carbocycles. The topological polar surface area (TPSA) is 45.9 Å². The van der Waals surface area contributed by atoms with Crippen molar-refractivity contribution in [1.82, 2.24) is 4.98 Å². The van der Waals surface area contributed by atoms with Gasteiger partial charge in [-0.2, -0.15) is 5.26 Å². The van der Waals surface area contributed by atoms with E-state index >= 15 is 0 Å². The van der Waals surface area contributed by atoms with Gasteiger partial charge in [0.05, 0.1) is 11.8 Å². The van der Waals surface area contributed by atoms with Crippen LogP contribution in [0.5, 0.6) is 5.75 Å². The molecule has 74 valence electrons. The predicted molar refractivity (Wildman–Crippen MR) is 54.0 cm³/mol. The summed E-state index contributed by atoms with van der Waals surface area (Å²) in [6, 6.07) is 3.73. The van der Waals surface area contributed by atoms with Crippen LogP contribution < -0.4 is 4.74 Å². The van der Waals surface area contributed by atoms with Crippen molar-refractivity contribution in [2.24, 2.45) is 0 Å². The molecule has 0 aliphatic rings. The van der Waals surface area contributed by atoms with E-state index in [1.54, 1.807) is 12.3 Å². The van der Waals surface area contributed by atoms with Crippen molar-refractivity contribution in [2.75, 3.05) is 0 Å². The smallest absolute Gasteiger partial charge is 0.139 e. The minimum Gasteiger partial charge on any atom is -0.486 e. The van der Waals surface area contributed by atoms with Crippen molar-refractivity contribution in [3.05, 3.63) is 24.0 Å². The molecule has 0 amide bonds. The van der Waals surface area contributed by atoms with E-state index in [0.717, 1.165) is 6.42 Å². The van der Waals surface area contributed by atoms with Crippen molar-refractivity contribution in [3.8, 4) is 11.8 Å². The molecule has 1 rings (SSSR count). The highest BCUT2D eigenvalue weighted by molar-refractivity contribution is 5.32. The highest BCUT2D eigenvalue weighted by Gasteiger charge is 2.16. The highest BCUT2D eigenvalue weighted by Crippen LogP contribution is 2.20. The first-order valence-electron chi connectivity index (χ1n) is 4.61. The molecule has 0 aliphatic heterocycles. The molecular formula is C11H14N2O. The Morgan fingerprint density at radius 1 is 1.50 bits per heavy atom. The summed E-state index contributed by atoms with van der Waals surface area (Å²) in [7, 11) is 0. The third-order valence-electron chi connectivity index (χ3n) is 2.09. The Bertz CT molecular complexity index is 353. The van der Waals surface area contributed by atoms with Gasteiger partial charge in [-0.3, -0.25) is 4.98 Å². The predicted octanol–water partition coefficient (Wildman–Crippen LogP) is 2.52. The molecule has 1 aromatic rings. The second-order valence-corrected chi connectivity index (χ2v) is 3.74. The normalized spacial score (nSPS) is 10.7. The van der Waals surface area contributed by atoms with Crippen LogP contribution in [0.15, 0.2) is 18.5 Å². The fourth-order valence-corrected chi connectivity index (χ4v) is 0.927. The lowest BCUT2D eigenvalue weighted by Gasteiger charge is -2.24. The highest BCUT2D eigenvalue weighted by atomic mass is 16.5. The first kappa shape index (κ1) is 10.5. The summed E-state index contributed by atoms with van der Waals surface area (Å²) >= 11 is 0. The summed E-state index contributed by atoms with van der Waals surface area (Å²) in [5, 5.41) is 8.67. The van der Waals surface area contributed by atoms with Crippen LogP contribution in [0.2, 0.25) is 0 Å². The minimum atomic E-state index is -0.213. The third kappa shape index (κ3) is 2.74. The molecule has 0 bridgehead atoms. The maximum atomic E-state index is 8.67. The Kier molecular flexibility index (Phi) is 3.08. The Hall–Kier alpha value is -1.56. The molecule has 1 heterocycles.